The summed E-state index contributed by atoms with van der Waals surface area (Å²) in [4.78, 5) is 0. The average Bonchev–Trinajstić information content (AvgIpc) is 2.02. The van der Waals surface area contributed by atoms with Gasteiger partial charge in [-0.1, -0.05) is 30.3 Å². The molecule has 0 unspecified atom stereocenters. The van der Waals surface area contributed by atoms with Crippen LogP contribution in [0.4, 0.5) is 0 Å². The Labute approximate surface area is 74.6 Å². The second-order valence-corrected chi connectivity index (χ2v) is 3.87. The lowest BCUT2D eigenvalue weighted by Crippen LogP contribution is -2.21. The van der Waals surface area contributed by atoms with Gasteiger partial charge in [-0.15, -0.1) is 0 Å². The summed E-state index contributed by atoms with van der Waals surface area (Å²) >= 11 is 0. The monoisotopic (exact) mass is 162 g/mol. The van der Waals surface area contributed by atoms with Crippen LogP contribution in [0.15, 0.2) is 30.3 Å². The second kappa shape index (κ2) is 3.72. The lowest BCUT2D eigenvalue weighted by Gasteiger charge is -2.16. The number of aryl methyl sites for hydroxylation is 1. The molecule has 0 saturated heterocycles. The molecule has 0 amide bonds. The maximum atomic E-state index is 7.68. The molecule has 1 heteroatoms. The van der Waals surface area contributed by atoms with E-state index in [9.17, 15) is 0 Å². The molecule has 0 fully saturated rings. The first-order valence-corrected chi connectivity index (χ1v) is 4.37. The Hall–Kier alpha value is -0.820. The third kappa shape index (κ3) is 3.54. The molecular formula is C11H16N. The van der Waals surface area contributed by atoms with Crippen LogP contribution in [-0.4, -0.2) is 5.54 Å². The maximum Gasteiger partial charge on any atom is 0.0270 e. The first-order valence-electron chi connectivity index (χ1n) is 4.37. The van der Waals surface area contributed by atoms with Gasteiger partial charge in [0.2, 0.25) is 0 Å². The SMILES string of the molecule is CC(C)([NH])CCc1ccccc1. The fraction of sp³-hybridized carbons (Fsp3) is 0.455. The highest BCUT2D eigenvalue weighted by atomic mass is 14.7. The van der Waals surface area contributed by atoms with E-state index in [0.717, 1.165) is 12.8 Å². The third-order valence-corrected chi connectivity index (χ3v) is 1.88. The van der Waals surface area contributed by atoms with Gasteiger partial charge in [-0.3, -0.25) is 5.73 Å². The van der Waals surface area contributed by atoms with Gasteiger partial charge in [0, 0.05) is 5.54 Å². The molecule has 0 aliphatic carbocycles. The predicted octanol–water partition coefficient (Wildman–Crippen LogP) is 2.68. The van der Waals surface area contributed by atoms with Crippen LogP contribution in [0.25, 0.3) is 0 Å². The Balaban J connectivity index is 2.44. The van der Waals surface area contributed by atoms with Crippen molar-refractivity contribution in [3.63, 3.8) is 0 Å². The molecular weight excluding hydrogens is 146 g/mol. The first kappa shape index (κ1) is 9.27. The summed E-state index contributed by atoms with van der Waals surface area (Å²) in [5.41, 5.74) is 8.72. The zero-order valence-electron chi connectivity index (χ0n) is 7.80. The molecule has 0 atom stereocenters. The molecule has 1 aromatic rings. The van der Waals surface area contributed by atoms with Gasteiger partial charge in [0.15, 0.2) is 0 Å². The fourth-order valence-corrected chi connectivity index (χ4v) is 1.10. The summed E-state index contributed by atoms with van der Waals surface area (Å²) in [6, 6.07) is 10.4. The molecule has 12 heavy (non-hydrogen) atoms. The molecule has 1 N–H and O–H groups in total. The third-order valence-electron chi connectivity index (χ3n) is 1.88. The number of hydrogen-bond donors (Lipinski definition) is 0. The van der Waals surface area contributed by atoms with Gasteiger partial charge >= 0.3 is 0 Å². The first-order chi connectivity index (χ1) is 5.58. The Bertz CT molecular complexity index is 221. The molecule has 65 valence electrons. The number of benzene rings is 1. The normalized spacial score (nSPS) is 11.6. The number of nitrogens with one attached hydrogen (secondary N) is 1. The topological polar surface area (TPSA) is 23.8 Å². The molecule has 1 rings (SSSR count). The number of rotatable bonds is 3. The molecule has 0 bridgehead atoms. The molecule has 0 heterocycles. The minimum absolute atomic E-state index is 0.296. The van der Waals surface area contributed by atoms with Crippen molar-refractivity contribution in [1.82, 2.24) is 5.73 Å². The van der Waals surface area contributed by atoms with Gasteiger partial charge in [0.1, 0.15) is 0 Å². The molecule has 0 spiro atoms. The van der Waals surface area contributed by atoms with Crippen molar-refractivity contribution < 1.29 is 0 Å². The van der Waals surface area contributed by atoms with Crippen molar-refractivity contribution in [1.29, 1.82) is 0 Å². The van der Waals surface area contributed by atoms with Crippen LogP contribution in [0.3, 0.4) is 0 Å². The highest BCUT2D eigenvalue weighted by Gasteiger charge is 2.10. The van der Waals surface area contributed by atoms with E-state index >= 15 is 0 Å². The summed E-state index contributed by atoms with van der Waals surface area (Å²) < 4.78 is 0. The van der Waals surface area contributed by atoms with Gasteiger partial charge in [0.05, 0.1) is 0 Å². The van der Waals surface area contributed by atoms with E-state index in [1.807, 2.05) is 32.0 Å². The number of hydrogen-bond acceptors (Lipinski definition) is 0. The van der Waals surface area contributed by atoms with Gasteiger partial charge in [0.25, 0.3) is 0 Å². The summed E-state index contributed by atoms with van der Waals surface area (Å²) in [5, 5.41) is 0. The zero-order valence-corrected chi connectivity index (χ0v) is 7.80. The van der Waals surface area contributed by atoms with Crippen LogP contribution < -0.4 is 5.73 Å². The standard InChI is InChI=1S/C11H16N/c1-11(2,12)9-8-10-6-4-3-5-7-10/h3-7,12H,8-9H2,1-2H3. The fourth-order valence-electron chi connectivity index (χ4n) is 1.10. The van der Waals surface area contributed by atoms with E-state index < -0.39 is 0 Å². The average molecular weight is 162 g/mol. The van der Waals surface area contributed by atoms with Crippen molar-refractivity contribution in [3.8, 4) is 0 Å². The summed E-state index contributed by atoms with van der Waals surface area (Å²) in [7, 11) is 0. The summed E-state index contributed by atoms with van der Waals surface area (Å²) in [5.74, 6) is 0. The van der Waals surface area contributed by atoms with Crippen molar-refractivity contribution in [2.45, 2.75) is 32.2 Å². The van der Waals surface area contributed by atoms with Gasteiger partial charge < -0.3 is 0 Å². The largest absolute Gasteiger partial charge is 0.252 e. The van der Waals surface area contributed by atoms with Crippen molar-refractivity contribution in [3.05, 3.63) is 35.9 Å². The van der Waals surface area contributed by atoms with Gasteiger partial charge in [-0.2, -0.15) is 0 Å². The smallest absolute Gasteiger partial charge is 0.0270 e. The molecule has 0 aromatic heterocycles. The van der Waals surface area contributed by atoms with Crippen molar-refractivity contribution in [2.75, 3.05) is 0 Å². The van der Waals surface area contributed by atoms with Crippen LogP contribution in [0, 0.1) is 0 Å². The maximum absolute atomic E-state index is 7.68. The molecule has 0 aliphatic heterocycles. The van der Waals surface area contributed by atoms with Crippen LogP contribution in [0.2, 0.25) is 0 Å². The Morgan fingerprint density at radius 3 is 2.25 bits per heavy atom. The van der Waals surface area contributed by atoms with Gasteiger partial charge in [-0.25, -0.2) is 0 Å². The summed E-state index contributed by atoms with van der Waals surface area (Å²) in [6.45, 7) is 3.91. The lowest BCUT2D eigenvalue weighted by atomic mass is 9.97. The van der Waals surface area contributed by atoms with Crippen LogP contribution in [0.5, 0.6) is 0 Å². The lowest BCUT2D eigenvalue weighted by molar-refractivity contribution is 0.460. The van der Waals surface area contributed by atoms with E-state index in [1.54, 1.807) is 0 Å². The van der Waals surface area contributed by atoms with E-state index in [4.69, 9.17) is 5.73 Å². The minimum Gasteiger partial charge on any atom is -0.252 e. The van der Waals surface area contributed by atoms with Crippen molar-refractivity contribution >= 4 is 0 Å². The van der Waals surface area contributed by atoms with Crippen LogP contribution in [-0.2, 0) is 6.42 Å². The molecule has 0 aliphatic rings. The Morgan fingerprint density at radius 2 is 1.75 bits per heavy atom. The predicted molar refractivity (Wildman–Crippen MR) is 51.9 cm³/mol. The highest BCUT2D eigenvalue weighted by Crippen LogP contribution is 2.11. The molecule has 1 radical (unpaired) electrons. The van der Waals surface area contributed by atoms with E-state index in [1.165, 1.54) is 5.56 Å². The molecule has 0 saturated carbocycles. The zero-order chi connectivity index (χ0) is 9.03. The molecule has 1 aromatic carbocycles. The minimum atomic E-state index is -0.296. The Kier molecular flexibility index (Phi) is 2.88. The van der Waals surface area contributed by atoms with E-state index in [-0.39, 0.29) is 5.54 Å². The van der Waals surface area contributed by atoms with Crippen molar-refractivity contribution in [2.24, 2.45) is 0 Å². The van der Waals surface area contributed by atoms with Crippen LogP contribution in [0.1, 0.15) is 25.8 Å². The Morgan fingerprint density at radius 1 is 1.17 bits per heavy atom. The summed E-state index contributed by atoms with van der Waals surface area (Å²) in [6.07, 6.45) is 1.94. The molecule has 1 nitrogen and oxygen atoms in total. The van der Waals surface area contributed by atoms with Crippen LogP contribution >= 0.6 is 0 Å². The highest BCUT2D eigenvalue weighted by molar-refractivity contribution is 5.14. The van der Waals surface area contributed by atoms with E-state index in [0.29, 0.717) is 0 Å². The van der Waals surface area contributed by atoms with E-state index in [2.05, 4.69) is 12.1 Å². The second-order valence-electron chi connectivity index (χ2n) is 3.87. The van der Waals surface area contributed by atoms with Gasteiger partial charge in [-0.05, 0) is 32.3 Å². The quantitative estimate of drug-likeness (QED) is 0.652.